The minimum Gasteiger partial charge on any atom is -0.493 e. The molecule has 0 bridgehead atoms. The second kappa shape index (κ2) is 6.98. The first kappa shape index (κ1) is 15.9. The fourth-order valence-electron chi connectivity index (χ4n) is 2.26. The van der Waals surface area contributed by atoms with Crippen LogP contribution in [-0.2, 0) is 0 Å². The van der Waals surface area contributed by atoms with E-state index in [9.17, 15) is 4.79 Å². The van der Waals surface area contributed by atoms with Crippen LogP contribution < -0.4 is 14.8 Å². The molecule has 4 nitrogen and oxygen atoms in total. The molecule has 0 saturated heterocycles. The van der Waals surface area contributed by atoms with Gasteiger partial charge in [0.2, 0.25) is 0 Å². The average molecular weight is 299 g/mol. The van der Waals surface area contributed by atoms with Gasteiger partial charge >= 0.3 is 0 Å². The van der Waals surface area contributed by atoms with Crippen molar-refractivity contribution in [2.24, 2.45) is 0 Å². The van der Waals surface area contributed by atoms with Crippen LogP contribution in [-0.4, -0.2) is 26.2 Å². The third-order valence-electron chi connectivity index (χ3n) is 3.27. The van der Waals surface area contributed by atoms with Crippen LogP contribution >= 0.6 is 0 Å². The highest BCUT2D eigenvalue weighted by atomic mass is 16.5. The molecule has 0 radical (unpaired) electrons. The van der Waals surface area contributed by atoms with Gasteiger partial charge in [-0.15, -0.1) is 0 Å². The highest BCUT2D eigenvalue weighted by Gasteiger charge is 2.18. The van der Waals surface area contributed by atoms with E-state index in [2.05, 4.69) is 5.32 Å². The fraction of sp³-hybridized carbons (Fsp3) is 0.278. The van der Waals surface area contributed by atoms with Crippen molar-refractivity contribution in [3.8, 4) is 22.6 Å². The molecule has 1 N–H and O–H groups in total. The smallest absolute Gasteiger partial charge is 0.252 e. The Bertz CT molecular complexity index is 651. The summed E-state index contributed by atoms with van der Waals surface area (Å²) in [7, 11) is 3.14. The number of amides is 1. The monoisotopic (exact) mass is 299 g/mol. The Kier molecular flexibility index (Phi) is 5.04. The van der Waals surface area contributed by atoms with E-state index in [1.165, 1.54) is 0 Å². The van der Waals surface area contributed by atoms with E-state index >= 15 is 0 Å². The molecule has 0 unspecified atom stereocenters. The molecule has 0 saturated carbocycles. The summed E-state index contributed by atoms with van der Waals surface area (Å²) >= 11 is 0. The molecule has 4 heteroatoms. The maximum absolute atomic E-state index is 12.5. The molecule has 0 spiro atoms. The standard InChI is InChI=1S/C18H21NO3/c1-12(2)19-18(20)15-11-17(22-4)16(21-3)10-14(15)13-8-6-5-7-9-13/h5-12H,1-4H3,(H,19,20). The normalized spacial score (nSPS) is 10.4. The summed E-state index contributed by atoms with van der Waals surface area (Å²) in [5.74, 6) is 1.01. The zero-order valence-corrected chi connectivity index (χ0v) is 13.3. The quantitative estimate of drug-likeness (QED) is 0.919. The van der Waals surface area contributed by atoms with E-state index in [1.54, 1.807) is 20.3 Å². The molecule has 0 aliphatic rings. The molecule has 0 heterocycles. The third-order valence-corrected chi connectivity index (χ3v) is 3.27. The summed E-state index contributed by atoms with van der Waals surface area (Å²) in [4.78, 5) is 12.5. The maximum atomic E-state index is 12.5. The van der Waals surface area contributed by atoms with Crippen LogP contribution in [0.2, 0.25) is 0 Å². The van der Waals surface area contributed by atoms with E-state index in [4.69, 9.17) is 9.47 Å². The highest BCUT2D eigenvalue weighted by molar-refractivity contribution is 6.02. The Hall–Kier alpha value is -2.49. The van der Waals surface area contributed by atoms with Crippen LogP contribution in [0.25, 0.3) is 11.1 Å². The Labute approximate surface area is 131 Å². The number of benzene rings is 2. The molecular formula is C18H21NO3. The summed E-state index contributed by atoms with van der Waals surface area (Å²) in [6, 6.07) is 13.4. The van der Waals surface area contributed by atoms with E-state index in [0.717, 1.165) is 11.1 Å². The van der Waals surface area contributed by atoms with Gasteiger partial charge in [0.25, 0.3) is 5.91 Å². The topological polar surface area (TPSA) is 47.6 Å². The van der Waals surface area contributed by atoms with Gasteiger partial charge in [0.05, 0.1) is 19.8 Å². The highest BCUT2D eigenvalue weighted by Crippen LogP contribution is 2.35. The van der Waals surface area contributed by atoms with Gasteiger partial charge in [-0.25, -0.2) is 0 Å². The average Bonchev–Trinajstić information content (AvgIpc) is 2.53. The lowest BCUT2D eigenvalue weighted by Crippen LogP contribution is -2.30. The van der Waals surface area contributed by atoms with Crippen LogP contribution in [0.4, 0.5) is 0 Å². The first-order valence-corrected chi connectivity index (χ1v) is 7.19. The van der Waals surface area contributed by atoms with Gasteiger partial charge in [0.15, 0.2) is 11.5 Å². The molecule has 0 aliphatic heterocycles. The summed E-state index contributed by atoms with van der Waals surface area (Å²) < 4.78 is 10.7. The lowest BCUT2D eigenvalue weighted by atomic mass is 9.98. The largest absolute Gasteiger partial charge is 0.493 e. The van der Waals surface area contributed by atoms with Crippen LogP contribution in [0.3, 0.4) is 0 Å². The Morgan fingerprint density at radius 3 is 2.14 bits per heavy atom. The Morgan fingerprint density at radius 2 is 1.59 bits per heavy atom. The number of hydrogen-bond donors (Lipinski definition) is 1. The molecular weight excluding hydrogens is 278 g/mol. The first-order valence-electron chi connectivity index (χ1n) is 7.19. The molecule has 0 atom stereocenters. The van der Waals surface area contributed by atoms with Gasteiger partial charge in [0.1, 0.15) is 0 Å². The van der Waals surface area contributed by atoms with Crippen LogP contribution in [0, 0.1) is 0 Å². The summed E-state index contributed by atoms with van der Waals surface area (Å²) in [6.45, 7) is 3.86. The SMILES string of the molecule is COc1cc(C(=O)NC(C)C)c(-c2ccccc2)cc1OC. The number of carbonyl (C=O) groups is 1. The Balaban J connectivity index is 2.60. The number of methoxy groups -OCH3 is 2. The molecule has 116 valence electrons. The van der Waals surface area contributed by atoms with Gasteiger partial charge in [-0.3, -0.25) is 4.79 Å². The van der Waals surface area contributed by atoms with Crippen molar-refractivity contribution in [1.29, 1.82) is 0 Å². The van der Waals surface area contributed by atoms with E-state index < -0.39 is 0 Å². The summed E-state index contributed by atoms with van der Waals surface area (Å²) in [6.07, 6.45) is 0. The van der Waals surface area contributed by atoms with Crippen molar-refractivity contribution in [3.05, 3.63) is 48.0 Å². The van der Waals surface area contributed by atoms with Gasteiger partial charge in [-0.2, -0.15) is 0 Å². The molecule has 2 aromatic carbocycles. The van der Waals surface area contributed by atoms with Crippen molar-refractivity contribution >= 4 is 5.91 Å². The van der Waals surface area contributed by atoms with E-state index in [0.29, 0.717) is 17.1 Å². The van der Waals surface area contributed by atoms with Crippen molar-refractivity contribution in [2.75, 3.05) is 14.2 Å². The van der Waals surface area contributed by atoms with Gasteiger partial charge in [-0.05, 0) is 37.1 Å². The van der Waals surface area contributed by atoms with Gasteiger partial charge < -0.3 is 14.8 Å². The molecule has 22 heavy (non-hydrogen) atoms. The lowest BCUT2D eigenvalue weighted by molar-refractivity contribution is 0.0943. The van der Waals surface area contributed by atoms with Crippen LogP contribution in [0.15, 0.2) is 42.5 Å². The predicted octanol–water partition coefficient (Wildman–Crippen LogP) is 3.51. The summed E-state index contributed by atoms with van der Waals surface area (Å²) in [5.41, 5.74) is 2.34. The van der Waals surface area contributed by atoms with Crippen molar-refractivity contribution in [1.82, 2.24) is 5.32 Å². The molecule has 1 amide bonds. The van der Waals surface area contributed by atoms with Crippen LogP contribution in [0.1, 0.15) is 24.2 Å². The zero-order chi connectivity index (χ0) is 16.1. The van der Waals surface area contributed by atoms with Gasteiger partial charge in [-0.1, -0.05) is 30.3 Å². The molecule has 2 rings (SSSR count). The molecule has 0 aliphatic carbocycles. The number of carbonyl (C=O) groups excluding carboxylic acids is 1. The van der Waals surface area contributed by atoms with E-state index in [-0.39, 0.29) is 11.9 Å². The number of rotatable bonds is 5. The van der Waals surface area contributed by atoms with Crippen molar-refractivity contribution in [2.45, 2.75) is 19.9 Å². The molecule has 2 aromatic rings. The molecule has 0 fully saturated rings. The molecule has 0 aromatic heterocycles. The third kappa shape index (κ3) is 3.39. The summed E-state index contributed by atoms with van der Waals surface area (Å²) in [5, 5.41) is 2.92. The second-order valence-corrected chi connectivity index (χ2v) is 5.25. The van der Waals surface area contributed by atoms with E-state index in [1.807, 2.05) is 50.2 Å². The predicted molar refractivity (Wildman–Crippen MR) is 87.6 cm³/mol. The maximum Gasteiger partial charge on any atom is 0.252 e. The number of ether oxygens (including phenoxy) is 2. The minimum atomic E-state index is -0.130. The second-order valence-electron chi connectivity index (χ2n) is 5.25. The lowest BCUT2D eigenvalue weighted by Gasteiger charge is -2.16. The van der Waals surface area contributed by atoms with Crippen LogP contribution in [0.5, 0.6) is 11.5 Å². The number of nitrogens with one attached hydrogen (secondary N) is 1. The van der Waals surface area contributed by atoms with Crippen molar-refractivity contribution in [3.63, 3.8) is 0 Å². The number of hydrogen-bond acceptors (Lipinski definition) is 3. The first-order chi connectivity index (χ1) is 10.6. The Morgan fingerprint density at radius 1 is 1.00 bits per heavy atom. The van der Waals surface area contributed by atoms with Gasteiger partial charge in [0, 0.05) is 6.04 Å². The van der Waals surface area contributed by atoms with Crippen molar-refractivity contribution < 1.29 is 14.3 Å². The zero-order valence-electron chi connectivity index (χ0n) is 13.3. The fourth-order valence-corrected chi connectivity index (χ4v) is 2.26. The minimum absolute atomic E-state index is 0.0595.